The molecular weight excluding hydrogens is 170 g/mol. The van der Waals surface area contributed by atoms with Crippen LogP contribution in [0.4, 0.5) is 0 Å². The summed E-state index contributed by atoms with van der Waals surface area (Å²) in [5.41, 5.74) is 0.519. The molecule has 0 heterocycles. The molecule has 1 aliphatic rings. The van der Waals surface area contributed by atoms with Crippen LogP contribution in [-0.4, -0.2) is 12.6 Å². The zero-order valence-corrected chi connectivity index (χ0v) is 8.75. The monoisotopic (exact) mass is 187 g/mol. The van der Waals surface area contributed by atoms with Crippen LogP contribution in [0, 0.1) is 5.41 Å². The maximum absolute atomic E-state index is 5.67. The largest absolute Gasteiger partial charge is 0.309 e. The first-order valence-electron chi connectivity index (χ1n) is 4.56. The van der Waals surface area contributed by atoms with E-state index >= 15 is 0 Å². The molecule has 0 aromatic heterocycles. The van der Waals surface area contributed by atoms with Crippen molar-refractivity contribution in [3.05, 3.63) is 11.6 Å². The molecule has 1 saturated carbocycles. The van der Waals surface area contributed by atoms with Gasteiger partial charge in [-0.2, -0.15) is 0 Å². The van der Waals surface area contributed by atoms with E-state index in [9.17, 15) is 0 Å². The number of hydrogen-bond donors (Lipinski definition) is 1. The summed E-state index contributed by atoms with van der Waals surface area (Å²) in [5, 5.41) is 4.11. The Labute approximate surface area is 80.2 Å². The van der Waals surface area contributed by atoms with Gasteiger partial charge in [-0.1, -0.05) is 32.0 Å². The lowest BCUT2D eigenvalue weighted by Crippen LogP contribution is -2.28. The summed E-state index contributed by atoms with van der Waals surface area (Å²) in [5.74, 6) is 0. The smallest absolute Gasteiger partial charge is 0.0310 e. The highest BCUT2D eigenvalue weighted by atomic mass is 35.5. The van der Waals surface area contributed by atoms with Crippen LogP contribution in [0.1, 0.15) is 33.1 Å². The quantitative estimate of drug-likeness (QED) is 0.717. The Morgan fingerprint density at radius 2 is 2.33 bits per heavy atom. The maximum Gasteiger partial charge on any atom is 0.0310 e. The van der Waals surface area contributed by atoms with Crippen molar-refractivity contribution < 1.29 is 0 Å². The van der Waals surface area contributed by atoms with Crippen LogP contribution in [0.3, 0.4) is 0 Å². The molecule has 1 aliphatic carbocycles. The Kier molecular flexibility index (Phi) is 3.19. The van der Waals surface area contributed by atoms with Gasteiger partial charge in [-0.05, 0) is 24.7 Å². The zero-order chi connectivity index (χ0) is 9.19. The summed E-state index contributed by atoms with van der Waals surface area (Å²) >= 11 is 5.67. The average Bonchev–Trinajstić information content (AvgIpc) is 2.26. The van der Waals surface area contributed by atoms with E-state index in [-0.39, 0.29) is 0 Å². The molecule has 0 spiro atoms. The van der Waals surface area contributed by atoms with E-state index in [1.807, 2.05) is 0 Å². The molecule has 0 aliphatic heterocycles. The summed E-state index contributed by atoms with van der Waals surface area (Å²) in [7, 11) is 0. The van der Waals surface area contributed by atoms with Gasteiger partial charge in [0.1, 0.15) is 0 Å². The van der Waals surface area contributed by atoms with Crippen molar-refractivity contribution in [2.75, 3.05) is 6.54 Å². The molecule has 1 nitrogen and oxygen atoms in total. The lowest BCUT2D eigenvalue weighted by molar-refractivity contribution is 0.367. The van der Waals surface area contributed by atoms with Gasteiger partial charge in [-0.15, -0.1) is 0 Å². The third-order valence-corrected chi connectivity index (χ3v) is 2.68. The van der Waals surface area contributed by atoms with Crippen molar-refractivity contribution in [1.82, 2.24) is 5.32 Å². The minimum atomic E-state index is 0.519. The van der Waals surface area contributed by atoms with E-state index in [1.165, 1.54) is 19.3 Å². The lowest BCUT2D eigenvalue weighted by atomic mass is 9.92. The topological polar surface area (TPSA) is 12.0 Å². The second kappa shape index (κ2) is 3.80. The highest BCUT2D eigenvalue weighted by Gasteiger charge is 2.30. The van der Waals surface area contributed by atoms with Crippen molar-refractivity contribution in [2.45, 2.75) is 39.2 Å². The highest BCUT2D eigenvalue weighted by molar-refractivity contribution is 6.29. The summed E-state index contributed by atoms with van der Waals surface area (Å²) in [4.78, 5) is 0. The molecule has 2 heteroatoms. The Balaban J connectivity index is 2.24. The van der Waals surface area contributed by atoms with Gasteiger partial charge >= 0.3 is 0 Å². The predicted molar refractivity (Wildman–Crippen MR) is 54.4 cm³/mol. The van der Waals surface area contributed by atoms with E-state index in [0.717, 1.165) is 6.54 Å². The third kappa shape index (κ3) is 3.16. The fourth-order valence-corrected chi connectivity index (χ4v) is 1.94. The van der Waals surface area contributed by atoms with Crippen LogP contribution in [0.5, 0.6) is 0 Å². The molecule has 1 fully saturated rings. The average molecular weight is 188 g/mol. The van der Waals surface area contributed by atoms with E-state index < -0.39 is 0 Å². The SMILES string of the molecule is C=C(Cl)CNC1CCC(C)(C)C1. The van der Waals surface area contributed by atoms with Crippen LogP contribution in [-0.2, 0) is 0 Å². The molecule has 1 unspecified atom stereocenters. The summed E-state index contributed by atoms with van der Waals surface area (Å²) < 4.78 is 0. The van der Waals surface area contributed by atoms with Gasteiger partial charge < -0.3 is 5.32 Å². The van der Waals surface area contributed by atoms with E-state index in [2.05, 4.69) is 25.7 Å². The Morgan fingerprint density at radius 3 is 2.75 bits per heavy atom. The molecule has 0 aromatic carbocycles. The number of halogens is 1. The van der Waals surface area contributed by atoms with E-state index in [4.69, 9.17) is 11.6 Å². The minimum Gasteiger partial charge on any atom is -0.309 e. The molecule has 0 saturated heterocycles. The Hall–Kier alpha value is -0.0100. The first-order valence-corrected chi connectivity index (χ1v) is 4.94. The standard InChI is InChI=1S/C10H18ClN/c1-8(11)7-12-9-4-5-10(2,3)6-9/h9,12H,1,4-7H2,2-3H3. The minimum absolute atomic E-state index is 0.519. The molecule has 12 heavy (non-hydrogen) atoms. The lowest BCUT2D eigenvalue weighted by Gasteiger charge is -2.17. The van der Waals surface area contributed by atoms with Crippen LogP contribution < -0.4 is 5.32 Å². The molecule has 1 N–H and O–H groups in total. The molecule has 0 aromatic rings. The highest BCUT2D eigenvalue weighted by Crippen LogP contribution is 2.36. The first kappa shape index (κ1) is 10.1. The van der Waals surface area contributed by atoms with Crippen molar-refractivity contribution in [2.24, 2.45) is 5.41 Å². The molecule has 0 bridgehead atoms. The number of nitrogens with one attached hydrogen (secondary N) is 1. The van der Waals surface area contributed by atoms with Crippen LogP contribution in [0.15, 0.2) is 11.6 Å². The van der Waals surface area contributed by atoms with Crippen molar-refractivity contribution in [3.63, 3.8) is 0 Å². The fraction of sp³-hybridized carbons (Fsp3) is 0.800. The van der Waals surface area contributed by atoms with Gasteiger partial charge in [-0.3, -0.25) is 0 Å². The van der Waals surface area contributed by atoms with Crippen LogP contribution in [0.25, 0.3) is 0 Å². The van der Waals surface area contributed by atoms with Crippen molar-refractivity contribution in [1.29, 1.82) is 0 Å². The van der Waals surface area contributed by atoms with Crippen molar-refractivity contribution >= 4 is 11.6 Å². The normalized spacial score (nSPS) is 27.4. The van der Waals surface area contributed by atoms with Crippen LogP contribution in [0.2, 0.25) is 0 Å². The number of hydrogen-bond acceptors (Lipinski definition) is 1. The fourth-order valence-electron chi connectivity index (χ4n) is 1.87. The maximum atomic E-state index is 5.67. The Bertz CT molecular complexity index is 175. The van der Waals surface area contributed by atoms with Gasteiger partial charge in [0.2, 0.25) is 0 Å². The molecule has 1 atom stereocenters. The molecule has 0 radical (unpaired) electrons. The molecular formula is C10H18ClN. The first-order chi connectivity index (χ1) is 5.49. The Morgan fingerprint density at radius 1 is 1.67 bits per heavy atom. The van der Waals surface area contributed by atoms with E-state index in [0.29, 0.717) is 16.5 Å². The van der Waals surface area contributed by atoms with E-state index in [1.54, 1.807) is 0 Å². The van der Waals surface area contributed by atoms with Crippen molar-refractivity contribution in [3.8, 4) is 0 Å². The zero-order valence-electron chi connectivity index (χ0n) is 7.99. The summed E-state index contributed by atoms with van der Waals surface area (Å²) in [6.07, 6.45) is 3.85. The summed E-state index contributed by atoms with van der Waals surface area (Å²) in [6.45, 7) is 9.05. The number of rotatable bonds is 3. The second-order valence-corrected chi connectivity index (χ2v) is 5.04. The van der Waals surface area contributed by atoms with Crippen LogP contribution >= 0.6 is 11.6 Å². The third-order valence-electron chi connectivity index (χ3n) is 2.55. The molecule has 0 amide bonds. The molecule has 70 valence electrons. The van der Waals surface area contributed by atoms with Gasteiger partial charge in [0.05, 0.1) is 0 Å². The van der Waals surface area contributed by atoms with Gasteiger partial charge in [-0.25, -0.2) is 0 Å². The van der Waals surface area contributed by atoms with Gasteiger partial charge in [0.25, 0.3) is 0 Å². The molecule has 1 rings (SSSR count). The van der Waals surface area contributed by atoms with Gasteiger partial charge in [0, 0.05) is 17.6 Å². The predicted octanol–water partition coefficient (Wildman–Crippen LogP) is 2.91. The second-order valence-electron chi connectivity index (χ2n) is 4.50. The van der Waals surface area contributed by atoms with Gasteiger partial charge in [0.15, 0.2) is 0 Å². The summed E-state index contributed by atoms with van der Waals surface area (Å²) in [6, 6.07) is 0.649.